The van der Waals surface area contributed by atoms with Crippen molar-refractivity contribution in [3.8, 4) is 0 Å². The van der Waals surface area contributed by atoms with Gasteiger partial charge >= 0.3 is 0 Å². The molecule has 0 aliphatic heterocycles. The summed E-state index contributed by atoms with van der Waals surface area (Å²) in [6, 6.07) is 2.62. The normalized spacial score (nSPS) is 9.82. The van der Waals surface area contributed by atoms with Crippen LogP contribution in [-0.2, 0) is 0 Å². The standard InChI is InChI=1S/C7H6Cl2FN/c1-11-7-3-5(9)4(8)2-6(7)10/h2-3,11H,1H3. The summed E-state index contributed by atoms with van der Waals surface area (Å²) in [4.78, 5) is 0. The summed E-state index contributed by atoms with van der Waals surface area (Å²) in [5, 5.41) is 3.22. The van der Waals surface area contributed by atoms with Gasteiger partial charge in [0.1, 0.15) is 5.82 Å². The van der Waals surface area contributed by atoms with Crippen LogP contribution in [0.25, 0.3) is 0 Å². The van der Waals surface area contributed by atoms with E-state index in [0.717, 1.165) is 0 Å². The number of halogens is 3. The van der Waals surface area contributed by atoms with Gasteiger partial charge in [0.05, 0.1) is 15.7 Å². The second-order valence-electron chi connectivity index (χ2n) is 2.00. The van der Waals surface area contributed by atoms with Crippen molar-refractivity contribution in [3.05, 3.63) is 28.0 Å². The molecule has 0 saturated carbocycles. The van der Waals surface area contributed by atoms with E-state index in [1.165, 1.54) is 12.1 Å². The third-order valence-corrected chi connectivity index (χ3v) is 2.00. The van der Waals surface area contributed by atoms with Gasteiger partial charge in [0, 0.05) is 7.05 Å². The summed E-state index contributed by atoms with van der Waals surface area (Å²) >= 11 is 11.2. The summed E-state index contributed by atoms with van der Waals surface area (Å²) in [6.07, 6.45) is 0. The van der Waals surface area contributed by atoms with Gasteiger partial charge < -0.3 is 5.32 Å². The van der Waals surface area contributed by atoms with Crippen LogP contribution in [0.1, 0.15) is 0 Å². The van der Waals surface area contributed by atoms with E-state index in [2.05, 4.69) is 5.32 Å². The Balaban J connectivity index is 3.21. The monoisotopic (exact) mass is 193 g/mol. The zero-order valence-electron chi connectivity index (χ0n) is 5.79. The van der Waals surface area contributed by atoms with Gasteiger partial charge in [-0.3, -0.25) is 0 Å². The van der Waals surface area contributed by atoms with E-state index < -0.39 is 5.82 Å². The van der Waals surface area contributed by atoms with E-state index in [0.29, 0.717) is 10.7 Å². The lowest BCUT2D eigenvalue weighted by Crippen LogP contribution is -1.91. The molecule has 4 heteroatoms. The topological polar surface area (TPSA) is 12.0 Å². The highest BCUT2D eigenvalue weighted by atomic mass is 35.5. The first-order chi connectivity index (χ1) is 5.15. The molecule has 0 aliphatic rings. The maximum absolute atomic E-state index is 12.8. The lowest BCUT2D eigenvalue weighted by atomic mass is 10.3. The van der Waals surface area contributed by atoms with Crippen LogP contribution in [0.4, 0.5) is 10.1 Å². The highest BCUT2D eigenvalue weighted by molar-refractivity contribution is 6.42. The second kappa shape index (κ2) is 3.28. The number of benzene rings is 1. The molecule has 0 atom stereocenters. The average molecular weight is 194 g/mol. The molecule has 0 heterocycles. The van der Waals surface area contributed by atoms with Crippen molar-refractivity contribution in [1.29, 1.82) is 0 Å². The molecule has 0 bridgehead atoms. The van der Waals surface area contributed by atoms with Crippen LogP contribution in [0.15, 0.2) is 12.1 Å². The van der Waals surface area contributed by atoms with Gasteiger partial charge in [0.25, 0.3) is 0 Å². The van der Waals surface area contributed by atoms with Crippen molar-refractivity contribution in [2.45, 2.75) is 0 Å². The number of hydrogen-bond donors (Lipinski definition) is 1. The quantitative estimate of drug-likeness (QED) is 0.677. The molecule has 0 amide bonds. The molecule has 1 rings (SSSR count). The molecular weight excluding hydrogens is 188 g/mol. The van der Waals surface area contributed by atoms with Crippen molar-refractivity contribution in [3.63, 3.8) is 0 Å². The van der Waals surface area contributed by atoms with Crippen LogP contribution in [0.5, 0.6) is 0 Å². The minimum atomic E-state index is -0.401. The van der Waals surface area contributed by atoms with Gasteiger partial charge in [0.2, 0.25) is 0 Å². The van der Waals surface area contributed by atoms with E-state index in [4.69, 9.17) is 23.2 Å². The Labute approximate surface area is 74.1 Å². The van der Waals surface area contributed by atoms with Gasteiger partial charge in [-0.25, -0.2) is 4.39 Å². The molecule has 1 aromatic carbocycles. The molecule has 0 spiro atoms. The van der Waals surface area contributed by atoms with Crippen LogP contribution < -0.4 is 5.32 Å². The maximum Gasteiger partial charge on any atom is 0.147 e. The van der Waals surface area contributed by atoms with E-state index in [9.17, 15) is 4.39 Å². The van der Waals surface area contributed by atoms with Crippen LogP contribution in [-0.4, -0.2) is 7.05 Å². The van der Waals surface area contributed by atoms with Gasteiger partial charge in [-0.15, -0.1) is 0 Å². The van der Waals surface area contributed by atoms with Crippen LogP contribution in [0.3, 0.4) is 0 Å². The Hall–Kier alpha value is -0.470. The fraction of sp³-hybridized carbons (Fsp3) is 0.143. The summed E-state index contributed by atoms with van der Waals surface area (Å²) < 4.78 is 12.8. The zero-order chi connectivity index (χ0) is 8.43. The number of hydrogen-bond acceptors (Lipinski definition) is 1. The minimum absolute atomic E-state index is 0.225. The highest BCUT2D eigenvalue weighted by Gasteiger charge is 2.04. The summed E-state index contributed by atoms with van der Waals surface area (Å²) in [5.41, 5.74) is 0.347. The minimum Gasteiger partial charge on any atom is -0.386 e. The van der Waals surface area contributed by atoms with Crippen LogP contribution in [0, 0.1) is 5.82 Å². The zero-order valence-corrected chi connectivity index (χ0v) is 7.30. The van der Waals surface area contributed by atoms with Crippen LogP contribution in [0.2, 0.25) is 10.0 Å². The molecule has 1 nitrogen and oxygen atoms in total. The van der Waals surface area contributed by atoms with Gasteiger partial charge in [-0.05, 0) is 12.1 Å². The van der Waals surface area contributed by atoms with Crippen molar-refractivity contribution in [1.82, 2.24) is 0 Å². The Morgan fingerprint density at radius 3 is 2.36 bits per heavy atom. The molecule has 0 radical (unpaired) electrons. The van der Waals surface area contributed by atoms with Crippen LogP contribution >= 0.6 is 23.2 Å². The molecule has 0 aliphatic carbocycles. The smallest absolute Gasteiger partial charge is 0.147 e. The fourth-order valence-corrected chi connectivity index (χ4v) is 1.03. The van der Waals surface area contributed by atoms with Gasteiger partial charge in [-0.2, -0.15) is 0 Å². The first-order valence-corrected chi connectivity index (χ1v) is 3.73. The SMILES string of the molecule is CNc1cc(Cl)c(Cl)cc1F. The van der Waals surface area contributed by atoms with E-state index in [1.54, 1.807) is 7.05 Å². The van der Waals surface area contributed by atoms with E-state index in [-0.39, 0.29) is 5.02 Å². The highest BCUT2D eigenvalue weighted by Crippen LogP contribution is 2.27. The molecule has 60 valence electrons. The average Bonchev–Trinajstić information content (AvgIpc) is 1.97. The first kappa shape index (κ1) is 8.62. The van der Waals surface area contributed by atoms with Crippen molar-refractivity contribution >= 4 is 28.9 Å². The Kier molecular flexibility index (Phi) is 2.58. The number of rotatable bonds is 1. The molecule has 1 aromatic rings. The Morgan fingerprint density at radius 2 is 1.82 bits per heavy atom. The molecule has 0 unspecified atom stereocenters. The predicted molar refractivity (Wildman–Crippen MR) is 46.0 cm³/mol. The predicted octanol–water partition coefficient (Wildman–Crippen LogP) is 3.17. The molecule has 11 heavy (non-hydrogen) atoms. The third-order valence-electron chi connectivity index (χ3n) is 1.28. The van der Waals surface area contributed by atoms with Crippen molar-refractivity contribution in [2.75, 3.05) is 12.4 Å². The number of nitrogens with one attached hydrogen (secondary N) is 1. The first-order valence-electron chi connectivity index (χ1n) is 2.97. The molecular formula is C7H6Cl2FN. The van der Waals surface area contributed by atoms with Crippen molar-refractivity contribution in [2.24, 2.45) is 0 Å². The lowest BCUT2D eigenvalue weighted by molar-refractivity contribution is 0.631. The van der Waals surface area contributed by atoms with Gasteiger partial charge in [0.15, 0.2) is 0 Å². The summed E-state index contributed by atoms with van der Waals surface area (Å²) in [6.45, 7) is 0. The number of anilines is 1. The van der Waals surface area contributed by atoms with E-state index in [1.807, 2.05) is 0 Å². The van der Waals surface area contributed by atoms with Crippen molar-refractivity contribution < 1.29 is 4.39 Å². The van der Waals surface area contributed by atoms with E-state index >= 15 is 0 Å². The third kappa shape index (κ3) is 1.76. The Bertz CT molecular complexity index is 275. The maximum atomic E-state index is 12.8. The van der Waals surface area contributed by atoms with Gasteiger partial charge in [-0.1, -0.05) is 23.2 Å². The molecule has 0 fully saturated rings. The molecule has 0 aromatic heterocycles. The lowest BCUT2D eigenvalue weighted by Gasteiger charge is -2.02. The molecule has 0 saturated heterocycles. The largest absolute Gasteiger partial charge is 0.386 e. The second-order valence-corrected chi connectivity index (χ2v) is 2.81. The molecule has 1 N–H and O–H groups in total. The summed E-state index contributed by atoms with van der Waals surface area (Å²) in [7, 11) is 1.61. The Morgan fingerprint density at radius 1 is 1.27 bits per heavy atom. The summed E-state index contributed by atoms with van der Waals surface area (Å²) in [5.74, 6) is -0.401. The fourth-order valence-electron chi connectivity index (χ4n) is 0.714.